The molecular formula is C15H16N4O2. The van der Waals surface area contributed by atoms with Crippen LogP contribution in [0.5, 0.6) is 0 Å². The van der Waals surface area contributed by atoms with E-state index in [1.165, 1.54) is 11.2 Å². The molecule has 0 saturated carbocycles. The van der Waals surface area contributed by atoms with Crippen LogP contribution >= 0.6 is 0 Å². The smallest absolute Gasteiger partial charge is 0.297 e. The van der Waals surface area contributed by atoms with Crippen molar-refractivity contribution in [1.29, 1.82) is 0 Å². The second kappa shape index (κ2) is 4.80. The number of ketones is 1. The molecule has 1 aromatic carbocycles. The molecule has 0 fully saturated rings. The number of carbonyl (C=O) groups is 2. The van der Waals surface area contributed by atoms with E-state index in [0.29, 0.717) is 23.6 Å². The van der Waals surface area contributed by atoms with Crippen molar-refractivity contribution in [3.63, 3.8) is 0 Å². The summed E-state index contributed by atoms with van der Waals surface area (Å²) in [5, 5.41) is 4.10. The molecule has 0 atom stereocenters. The number of amides is 1. The van der Waals surface area contributed by atoms with Crippen molar-refractivity contribution >= 4 is 17.4 Å². The van der Waals surface area contributed by atoms with Crippen molar-refractivity contribution < 1.29 is 9.59 Å². The topological polar surface area (TPSA) is 68.1 Å². The van der Waals surface area contributed by atoms with Crippen molar-refractivity contribution in [2.75, 3.05) is 4.90 Å². The van der Waals surface area contributed by atoms with Crippen LogP contribution in [0, 0.1) is 13.8 Å². The maximum Gasteiger partial charge on any atom is 0.299 e. The first-order valence-electron chi connectivity index (χ1n) is 6.87. The summed E-state index contributed by atoms with van der Waals surface area (Å²) in [7, 11) is 0. The molecular weight excluding hydrogens is 268 g/mol. The molecule has 21 heavy (non-hydrogen) atoms. The maximum absolute atomic E-state index is 12.3. The van der Waals surface area contributed by atoms with Crippen LogP contribution in [0.3, 0.4) is 0 Å². The lowest BCUT2D eigenvalue weighted by atomic mass is 10.0. The highest BCUT2D eigenvalue weighted by Crippen LogP contribution is 2.34. The number of fused-ring (bicyclic) bond motifs is 1. The van der Waals surface area contributed by atoms with Gasteiger partial charge in [0.1, 0.15) is 12.2 Å². The third-order valence-electron chi connectivity index (χ3n) is 3.69. The van der Waals surface area contributed by atoms with Gasteiger partial charge < -0.3 is 0 Å². The Hall–Kier alpha value is -2.50. The summed E-state index contributed by atoms with van der Waals surface area (Å²) in [6.45, 7) is 6.72. The highest BCUT2D eigenvalue weighted by atomic mass is 16.2. The standard InChI is InChI=1S/C15H16N4O2/c1-4-19-12(16-8-17-19)7-18-13-10(3)5-9(2)6-11(13)14(20)15(18)21/h5-6,8H,4,7H2,1-3H3. The molecule has 108 valence electrons. The van der Waals surface area contributed by atoms with Gasteiger partial charge in [-0.1, -0.05) is 6.07 Å². The fourth-order valence-corrected chi connectivity index (χ4v) is 2.80. The van der Waals surface area contributed by atoms with Gasteiger partial charge in [0, 0.05) is 6.54 Å². The molecule has 0 radical (unpaired) electrons. The third-order valence-corrected chi connectivity index (χ3v) is 3.69. The Morgan fingerprint density at radius 1 is 1.19 bits per heavy atom. The minimum atomic E-state index is -0.496. The van der Waals surface area contributed by atoms with Crippen LogP contribution in [0.1, 0.15) is 34.2 Å². The average molecular weight is 284 g/mol. The first kappa shape index (κ1) is 13.5. The molecule has 1 aromatic heterocycles. The van der Waals surface area contributed by atoms with E-state index in [9.17, 15) is 9.59 Å². The van der Waals surface area contributed by atoms with Crippen molar-refractivity contribution in [2.45, 2.75) is 33.9 Å². The zero-order valence-electron chi connectivity index (χ0n) is 12.3. The Balaban J connectivity index is 2.06. The van der Waals surface area contributed by atoms with E-state index >= 15 is 0 Å². The number of nitrogens with zero attached hydrogens (tertiary/aromatic N) is 4. The van der Waals surface area contributed by atoms with Crippen LogP contribution < -0.4 is 4.90 Å². The minimum absolute atomic E-state index is 0.259. The van der Waals surface area contributed by atoms with Crippen LogP contribution in [0.15, 0.2) is 18.5 Å². The average Bonchev–Trinajstić information content (AvgIpc) is 2.98. The Labute approximate surface area is 122 Å². The molecule has 0 aliphatic carbocycles. The number of anilines is 1. The third kappa shape index (κ3) is 2.03. The Bertz CT molecular complexity index is 748. The van der Waals surface area contributed by atoms with Gasteiger partial charge in [-0.15, -0.1) is 0 Å². The van der Waals surface area contributed by atoms with Gasteiger partial charge in [0.15, 0.2) is 0 Å². The van der Waals surface area contributed by atoms with E-state index in [-0.39, 0.29) is 6.54 Å². The predicted molar refractivity (Wildman–Crippen MR) is 77.1 cm³/mol. The molecule has 3 rings (SSSR count). The minimum Gasteiger partial charge on any atom is -0.297 e. The van der Waals surface area contributed by atoms with Crippen molar-refractivity contribution in [3.8, 4) is 0 Å². The number of hydrogen-bond donors (Lipinski definition) is 0. The van der Waals surface area contributed by atoms with Gasteiger partial charge in [0.25, 0.3) is 11.7 Å². The summed E-state index contributed by atoms with van der Waals surface area (Å²) in [5.41, 5.74) is 3.08. The second-order valence-electron chi connectivity index (χ2n) is 5.19. The molecule has 6 heteroatoms. The lowest BCUT2D eigenvalue weighted by Crippen LogP contribution is -2.31. The lowest BCUT2D eigenvalue weighted by Gasteiger charge is -2.18. The summed E-state index contributed by atoms with van der Waals surface area (Å²) in [6, 6.07) is 3.75. The molecule has 0 bridgehead atoms. The molecule has 1 aliphatic rings. The lowest BCUT2D eigenvalue weighted by molar-refractivity contribution is -0.114. The van der Waals surface area contributed by atoms with Crippen LogP contribution in [0.4, 0.5) is 5.69 Å². The number of Topliss-reactive ketones (excluding diaryl/α,β-unsaturated/α-hetero) is 1. The molecule has 2 heterocycles. The van der Waals surface area contributed by atoms with Gasteiger partial charge in [0.2, 0.25) is 0 Å². The number of aromatic nitrogens is 3. The molecule has 2 aromatic rings. The fraction of sp³-hybridized carbons (Fsp3) is 0.333. The summed E-state index contributed by atoms with van der Waals surface area (Å²) in [4.78, 5) is 30.1. The monoisotopic (exact) mass is 284 g/mol. The summed E-state index contributed by atoms with van der Waals surface area (Å²) in [6.07, 6.45) is 1.46. The van der Waals surface area contributed by atoms with Crippen LogP contribution in [-0.2, 0) is 17.9 Å². The van der Waals surface area contributed by atoms with Gasteiger partial charge in [-0.05, 0) is 38.0 Å². The first-order chi connectivity index (χ1) is 10.0. The van der Waals surface area contributed by atoms with E-state index in [0.717, 1.165) is 11.1 Å². The Morgan fingerprint density at radius 2 is 1.95 bits per heavy atom. The van der Waals surface area contributed by atoms with E-state index in [1.807, 2.05) is 26.8 Å². The number of aryl methyl sites for hydroxylation is 3. The predicted octanol–water partition coefficient (Wildman–Crippen LogP) is 1.64. The SMILES string of the molecule is CCn1ncnc1CN1C(=O)C(=O)c2cc(C)cc(C)c21. The van der Waals surface area contributed by atoms with Gasteiger partial charge >= 0.3 is 0 Å². The first-order valence-corrected chi connectivity index (χ1v) is 6.87. The Kier molecular flexibility index (Phi) is 3.08. The Morgan fingerprint density at radius 3 is 2.67 bits per heavy atom. The number of carbonyl (C=O) groups excluding carboxylic acids is 2. The number of benzene rings is 1. The van der Waals surface area contributed by atoms with Gasteiger partial charge in [-0.25, -0.2) is 9.67 Å². The van der Waals surface area contributed by atoms with Crippen molar-refractivity contribution in [2.24, 2.45) is 0 Å². The highest BCUT2D eigenvalue weighted by Gasteiger charge is 2.37. The number of rotatable bonds is 3. The summed E-state index contributed by atoms with van der Waals surface area (Å²) in [5.74, 6) is -0.268. The van der Waals surface area contributed by atoms with E-state index < -0.39 is 11.7 Å². The largest absolute Gasteiger partial charge is 0.299 e. The molecule has 6 nitrogen and oxygen atoms in total. The molecule has 1 aliphatic heterocycles. The van der Waals surface area contributed by atoms with E-state index in [2.05, 4.69) is 10.1 Å². The van der Waals surface area contributed by atoms with Crippen LogP contribution in [-0.4, -0.2) is 26.5 Å². The zero-order chi connectivity index (χ0) is 15.1. The summed E-state index contributed by atoms with van der Waals surface area (Å²) < 4.78 is 1.72. The van der Waals surface area contributed by atoms with E-state index in [1.54, 1.807) is 10.7 Å². The molecule has 0 saturated heterocycles. The van der Waals surface area contributed by atoms with Crippen LogP contribution in [0.2, 0.25) is 0 Å². The van der Waals surface area contributed by atoms with Crippen LogP contribution in [0.25, 0.3) is 0 Å². The van der Waals surface area contributed by atoms with Crippen molar-refractivity contribution in [3.05, 3.63) is 41.0 Å². The highest BCUT2D eigenvalue weighted by molar-refractivity contribution is 6.52. The molecule has 0 spiro atoms. The fourth-order valence-electron chi connectivity index (χ4n) is 2.80. The van der Waals surface area contributed by atoms with Crippen molar-refractivity contribution in [1.82, 2.24) is 14.8 Å². The number of hydrogen-bond acceptors (Lipinski definition) is 4. The molecule has 0 N–H and O–H groups in total. The normalized spacial score (nSPS) is 14.0. The summed E-state index contributed by atoms with van der Waals surface area (Å²) >= 11 is 0. The van der Waals surface area contributed by atoms with Gasteiger partial charge in [-0.2, -0.15) is 5.10 Å². The van der Waals surface area contributed by atoms with Gasteiger partial charge in [0.05, 0.1) is 17.8 Å². The van der Waals surface area contributed by atoms with Gasteiger partial charge in [-0.3, -0.25) is 14.5 Å². The zero-order valence-corrected chi connectivity index (χ0v) is 12.3. The second-order valence-corrected chi connectivity index (χ2v) is 5.19. The maximum atomic E-state index is 12.3. The van der Waals surface area contributed by atoms with E-state index in [4.69, 9.17) is 0 Å². The molecule has 0 unspecified atom stereocenters. The molecule has 1 amide bonds. The quantitative estimate of drug-likeness (QED) is 0.804.